The van der Waals surface area contributed by atoms with Crippen molar-refractivity contribution in [2.24, 2.45) is 0 Å². The SMILES string of the molecule is O=C(CCOCCOCCOCCOCCOCCOCCOCCOCCSSCCOCCOCCOCCOCCOCCOCCOCCOCCC(=O)ON1C(=O)CCC1O)ON1C(=O)CCC1=O. The summed E-state index contributed by atoms with van der Waals surface area (Å²) in [6, 6.07) is 0. The fourth-order valence-corrected chi connectivity index (χ4v) is 7.34. The van der Waals surface area contributed by atoms with Crippen molar-refractivity contribution in [2.75, 3.05) is 223 Å². The molecule has 2 saturated heterocycles. The van der Waals surface area contributed by atoms with Crippen molar-refractivity contribution >= 4 is 51.2 Å². The molecule has 2 aliphatic heterocycles. The molecule has 2 fully saturated rings. The molecular formula is C46H82N2O24S2. The molecule has 0 aromatic rings. The second kappa shape index (κ2) is 51.3. The highest BCUT2D eigenvalue weighted by Crippen LogP contribution is 2.20. The molecule has 0 aromatic heterocycles. The van der Waals surface area contributed by atoms with Gasteiger partial charge in [0.15, 0.2) is 6.23 Å². The Balaban J connectivity index is 1.11. The fraction of sp³-hybridized carbons (Fsp3) is 0.891. The van der Waals surface area contributed by atoms with E-state index in [1.807, 2.05) is 0 Å². The van der Waals surface area contributed by atoms with Gasteiger partial charge in [0.1, 0.15) is 0 Å². The van der Waals surface area contributed by atoms with Gasteiger partial charge in [-0.25, -0.2) is 9.59 Å². The van der Waals surface area contributed by atoms with Gasteiger partial charge in [-0.1, -0.05) is 21.6 Å². The smallest absolute Gasteiger partial charge is 0.335 e. The summed E-state index contributed by atoms with van der Waals surface area (Å²) in [5.74, 6) is -1.03. The number of hydroxylamine groups is 4. The van der Waals surface area contributed by atoms with Crippen molar-refractivity contribution in [2.45, 2.75) is 44.8 Å². The number of carbonyl (C=O) groups excluding carboxylic acids is 5. The van der Waals surface area contributed by atoms with Crippen LogP contribution in [0.3, 0.4) is 0 Å². The Morgan fingerprint density at radius 2 is 0.595 bits per heavy atom. The standard InChI is InChI=1S/C46H82N2O24S2/c49-41-1-2-42(50)47(41)71-45(53)5-7-55-9-11-57-13-15-59-17-19-61-21-23-63-25-27-65-29-31-67-33-35-69-37-39-73-74-40-38-70-36-34-68-32-30-66-28-26-64-24-22-62-20-18-60-16-14-58-12-10-56-8-6-46(54)72-48-43(51)3-4-44(48)52/h41,49H,1-40H2. The van der Waals surface area contributed by atoms with E-state index in [1.54, 1.807) is 21.6 Å². The molecule has 74 heavy (non-hydrogen) atoms. The molecule has 0 spiro atoms. The number of rotatable bonds is 57. The zero-order chi connectivity index (χ0) is 53.0. The van der Waals surface area contributed by atoms with Crippen LogP contribution in [0.2, 0.25) is 0 Å². The maximum atomic E-state index is 11.7. The molecule has 0 aromatic carbocycles. The summed E-state index contributed by atoms with van der Waals surface area (Å²) in [5.41, 5.74) is 0. The first-order chi connectivity index (χ1) is 36.4. The van der Waals surface area contributed by atoms with Gasteiger partial charge in [0.2, 0.25) is 0 Å². The van der Waals surface area contributed by atoms with Gasteiger partial charge in [-0.05, 0) is 0 Å². The number of ether oxygens (including phenoxy) is 16. The molecule has 2 heterocycles. The van der Waals surface area contributed by atoms with Gasteiger partial charge in [-0.3, -0.25) is 14.4 Å². The average Bonchev–Trinajstić information content (AvgIpc) is 3.88. The van der Waals surface area contributed by atoms with E-state index in [9.17, 15) is 29.1 Å². The first kappa shape index (κ1) is 67.7. The topological polar surface area (TPSA) is 278 Å². The molecule has 2 aliphatic rings. The molecule has 1 atom stereocenters. The van der Waals surface area contributed by atoms with E-state index in [-0.39, 0.29) is 58.3 Å². The van der Waals surface area contributed by atoms with E-state index in [0.717, 1.165) is 11.5 Å². The largest absolute Gasteiger partial charge is 0.378 e. The Hall–Kier alpha value is -2.43. The van der Waals surface area contributed by atoms with Crippen LogP contribution in [-0.4, -0.2) is 274 Å². The van der Waals surface area contributed by atoms with Crippen molar-refractivity contribution in [3.05, 3.63) is 0 Å². The minimum absolute atomic E-state index is 0.0403. The molecule has 3 amide bonds. The quantitative estimate of drug-likeness (QED) is 0.0491. The Morgan fingerprint density at radius 1 is 0.351 bits per heavy atom. The average molecular weight is 1110 g/mol. The molecule has 0 radical (unpaired) electrons. The molecule has 28 heteroatoms. The first-order valence-electron chi connectivity index (χ1n) is 25.1. The van der Waals surface area contributed by atoms with Gasteiger partial charge >= 0.3 is 11.9 Å². The van der Waals surface area contributed by atoms with E-state index in [1.165, 1.54) is 0 Å². The molecule has 1 unspecified atom stereocenters. The number of amides is 3. The predicted octanol–water partition coefficient (Wildman–Crippen LogP) is 0.420. The number of nitrogens with zero attached hydrogens (tertiary/aromatic N) is 2. The maximum absolute atomic E-state index is 11.7. The van der Waals surface area contributed by atoms with Crippen molar-refractivity contribution in [1.82, 2.24) is 10.1 Å². The second-order valence-electron chi connectivity index (χ2n) is 15.2. The van der Waals surface area contributed by atoms with Gasteiger partial charge in [-0.2, -0.15) is 0 Å². The van der Waals surface area contributed by atoms with Gasteiger partial charge < -0.3 is 90.6 Å². The van der Waals surface area contributed by atoms with Crippen LogP contribution in [0.5, 0.6) is 0 Å². The summed E-state index contributed by atoms with van der Waals surface area (Å²) in [6.07, 6.45) is -0.701. The Morgan fingerprint density at radius 3 is 0.851 bits per heavy atom. The lowest BCUT2D eigenvalue weighted by molar-refractivity contribution is -0.221. The zero-order valence-electron chi connectivity index (χ0n) is 42.9. The van der Waals surface area contributed by atoms with Gasteiger partial charge in [0.25, 0.3) is 17.7 Å². The minimum atomic E-state index is -1.08. The number of imide groups is 1. The van der Waals surface area contributed by atoms with Crippen molar-refractivity contribution in [1.29, 1.82) is 0 Å². The molecule has 0 bridgehead atoms. The molecule has 26 nitrogen and oxygen atoms in total. The highest BCUT2D eigenvalue weighted by Gasteiger charge is 2.33. The molecule has 2 rings (SSSR count). The number of carbonyl (C=O) groups is 5. The predicted molar refractivity (Wildman–Crippen MR) is 263 cm³/mol. The Bertz CT molecular complexity index is 1370. The number of aliphatic hydroxyl groups is 1. The lowest BCUT2D eigenvalue weighted by Crippen LogP contribution is -2.35. The normalized spacial score (nSPS) is 14.8. The van der Waals surface area contributed by atoms with Crippen molar-refractivity contribution in [3.63, 3.8) is 0 Å². The highest BCUT2D eigenvalue weighted by molar-refractivity contribution is 8.76. The number of hydrogen-bond donors (Lipinski definition) is 1. The van der Waals surface area contributed by atoms with Crippen molar-refractivity contribution in [3.8, 4) is 0 Å². The van der Waals surface area contributed by atoms with Crippen LogP contribution in [0, 0.1) is 0 Å². The Labute approximate surface area is 442 Å². The maximum Gasteiger partial charge on any atom is 0.335 e. The van der Waals surface area contributed by atoms with E-state index in [4.69, 9.17) is 85.5 Å². The van der Waals surface area contributed by atoms with Crippen molar-refractivity contribution < 1.29 is 115 Å². The molecule has 1 N–H and O–H groups in total. The second-order valence-corrected chi connectivity index (χ2v) is 17.9. The van der Waals surface area contributed by atoms with Gasteiger partial charge in [0, 0.05) is 37.2 Å². The zero-order valence-corrected chi connectivity index (χ0v) is 44.5. The molecule has 432 valence electrons. The lowest BCUT2D eigenvalue weighted by atomic mass is 10.4. The minimum Gasteiger partial charge on any atom is -0.378 e. The third kappa shape index (κ3) is 41.7. The molecule has 0 aliphatic carbocycles. The summed E-state index contributed by atoms with van der Waals surface area (Å²) in [5, 5.41) is 10.8. The number of aliphatic hydroxyl groups excluding tert-OH is 1. The summed E-state index contributed by atoms with van der Waals surface area (Å²) < 4.78 is 87.5. The Kier molecular flexibility index (Phi) is 46.9. The van der Waals surface area contributed by atoms with Crippen LogP contribution >= 0.6 is 21.6 Å². The lowest BCUT2D eigenvalue weighted by Gasteiger charge is -2.18. The summed E-state index contributed by atoms with van der Waals surface area (Å²) >= 11 is 0. The molecule has 0 saturated carbocycles. The van der Waals surface area contributed by atoms with Crippen LogP contribution in [0.15, 0.2) is 0 Å². The van der Waals surface area contributed by atoms with Gasteiger partial charge in [-0.15, -0.1) is 10.1 Å². The van der Waals surface area contributed by atoms with Crippen LogP contribution in [0.4, 0.5) is 0 Å². The molecular weight excluding hydrogens is 1030 g/mol. The number of hydrogen-bond acceptors (Lipinski definition) is 26. The van der Waals surface area contributed by atoms with E-state index < -0.39 is 35.9 Å². The van der Waals surface area contributed by atoms with Crippen LogP contribution in [-0.2, 0) is 109 Å². The van der Waals surface area contributed by atoms with Crippen LogP contribution < -0.4 is 0 Å². The van der Waals surface area contributed by atoms with E-state index >= 15 is 0 Å². The third-order valence-corrected chi connectivity index (χ3v) is 11.7. The van der Waals surface area contributed by atoms with Crippen LogP contribution in [0.1, 0.15) is 38.5 Å². The third-order valence-electron chi connectivity index (χ3n) is 9.35. The fourth-order valence-electron chi connectivity index (χ4n) is 5.62. The monoisotopic (exact) mass is 1110 g/mol. The van der Waals surface area contributed by atoms with Gasteiger partial charge in [0.05, 0.1) is 224 Å². The first-order valence-corrected chi connectivity index (χ1v) is 27.6. The summed E-state index contributed by atoms with van der Waals surface area (Å²) in [4.78, 5) is 67.4. The van der Waals surface area contributed by atoms with E-state index in [2.05, 4.69) is 0 Å². The van der Waals surface area contributed by atoms with E-state index in [0.29, 0.717) is 202 Å². The summed E-state index contributed by atoms with van der Waals surface area (Å²) in [7, 11) is 3.50. The van der Waals surface area contributed by atoms with Crippen LogP contribution in [0.25, 0.3) is 0 Å². The summed E-state index contributed by atoms with van der Waals surface area (Å²) in [6.45, 7) is 13.8. The highest BCUT2D eigenvalue weighted by atomic mass is 33.1.